The second-order valence-electron chi connectivity index (χ2n) is 10.2. The van der Waals surface area contributed by atoms with Gasteiger partial charge in [0.1, 0.15) is 0 Å². The first-order valence-electron chi connectivity index (χ1n) is 12.9. The van der Waals surface area contributed by atoms with Crippen molar-refractivity contribution in [3.63, 3.8) is 0 Å². The molecule has 0 unspecified atom stereocenters. The van der Waals surface area contributed by atoms with Crippen molar-refractivity contribution in [2.75, 3.05) is 32.4 Å². The highest BCUT2D eigenvalue weighted by Crippen LogP contribution is 2.42. The van der Waals surface area contributed by atoms with Gasteiger partial charge in [0.05, 0.1) is 16.4 Å². The molecule has 2 aromatic carbocycles. The van der Waals surface area contributed by atoms with Gasteiger partial charge in [-0.1, -0.05) is 49.4 Å². The molecule has 4 rings (SSSR count). The molecule has 1 atom stereocenters. The van der Waals surface area contributed by atoms with Gasteiger partial charge in [0.15, 0.2) is 9.84 Å². The Morgan fingerprint density at radius 1 is 1.00 bits per heavy atom. The molecule has 37 heavy (non-hydrogen) atoms. The van der Waals surface area contributed by atoms with Gasteiger partial charge in [0.25, 0.3) is 0 Å². The maximum atomic E-state index is 13.4. The molecular weight excluding hydrogens is 510 g/mol. The fraction of sp³-hybridized carbons (Fsp3) is 0.500. The van der Waals surface area contributed by atoms with Crippen molar-refractivity contribution in [1.29, 1.82) is 0 Å². The van der Waals surface area contributed by atoms with Crippen LogP contribution in [0.2, 0.25) is 0 Å². The minimum atomic E-state index is -3.22. The number of carbonyl (C=O) groups is 2. The number of rotatable bonds is 9. The van der Waals surface area contributed by atoms with Crippen molar-refractivity contribution < 1.29 is 18.0 Å². The van der Waals surface area contributed by atoms with Crippen molar-refractivity contribution in [3.8, 4) is 0 Å². The zero-order valence-electron chi connectivity index (χ0n) is 21.7. The van der Waals surface area contributed by atoms with Crippen LogP contribution in [0.4, 0.5) is 0 Å². The average molecular weight is 548 g/mol. The molecule has 0 radical (unpaired) electrons. The highest BCUT2D eigenvalue weighted by atomic mass is 35.5. The highest BCUT2D eigenvalue weighted by Gasteiger charge is 2.47. The number of hydrogen-bond donors (Lipinski definition) is 1. The SMILES string of the molecule is CCC(=O)N[C@@H](CCN1CCC2(CC1)CCN(Cc1ccc(S(C)(=O)=O)cc1)C2=O)c1ccccc1.Cl. The Balaban J connectivity index is 0.00000380. The molecule has 2 aromatic rings. The van der Waals surface area contributed by atoms with Crippen LogP contribution in [0, 0.1) is 5.41 Å². The van der Waals surface area contributed by atoms with E-state index in [0.717, 1.165) is 63.0 Å². The third-order valence-electron chi connectivity index (χ3n) is 7.73. The zero-order valence-corrected chi connectivity index (χ0v) is 23.3. The standard InChI is InChI=1S/C28H37N3O4S.ClH/c1-3-26(32)29-25(23-7-5-4-6-8-23)13-17-30-18-14-28(15-19-30)16-20-31(27(28)33)21-22-9-11-24(12-10-22)36(2,34)35;/h4-12,25H,3,13-21H2,1-2H3,(H,29,32);1H/t25-;/m0./s1. The predicted octanol–water partition coefficient (Wildman–Crippen LogP) is 3.98. The molecule has 0 aliphatic carbocycles. The van der Waals surface area contributed by atoms with E-state index in [1.54, 1.807) is 24.3 Å². The lowest BCUT2D eigenvalue weighted by Gasteiger charge is -2.38. The molecule has 9 heteroatoms. The van der Waals surface area contributed by atoms with E-state index < -0.39 is 9.84 Å². The maximum absolute atomic E-state index is 13.4. The Bertz CT molecular complexity index is 1160. The summed E-state index contributed by atoms with van der Waals surface area (Å²) in [5.41, 5.74) is 1.80. The smallest absolute Gasteiger partial charge is 0.229 e. The van der Waals surface area contributed by atoms with Crippen LogP contribution in [-0.4, -0.2) is 62.5 Å². The van der Waals surface area contributed by atoms with E-state index in [9.17, 15) is 18.0 Å². The molecule has 2 saturated heterocycles. The van der Waals surface area contributed by atoms with Gasteiger partial charge in [-0.3, -0.25) is 9.59 Å². The molecule has 2 aliphatic rings. The van der Waals surface area contributed by atoms with E-state index in [-0.39, 0.29) is 35.7 Å². The third-order valence-corrected chi connectivity index (χ3v) is 8.86. The molecule has 202 valence electrons. The zero-order chi connectivity index (χ0) is 25.8. The number of nitrogens with zero attached hydrogens (tertiary/aromatic N) is 2. The highest BCUT2D eigenvalue weighted by molar-refractivity contribution is 7.90. The number of nitrogens with one attached hydrogen (secondary N) is 1. The van der Waals surface area contributed by atoms with Crippen molar-refractivity contribution in [1.82, 2.24) is 15.1 Å². The van der Waals surface area contributed by atoms with Crippen molar-refractivity contribution in [2.45, 2.75) is 56.5 Å². The molecular formula is C28H38ClN3O4S. The van der Waals surface area contributed by atoms with Crippen LogP contribution in [0.5, 0.6) is 0 Å². The Morgan fingerprint density at radius 2 is 1.62 bits per heavy atom. The number of piperidine rings is 1. The minimum absolute atomic E-state index is 0. The van der Waals surface area contributed by atoms with Gasteiger partial charge >= 0.3 is 0 Å². The van der Waals surface area contributed by atoms with E-state index in [1.165, 1.54) is 6.26 Å². The number of sulfone groups is 1. The lowest BCUT2D eigenvalue weighted by atomic mass is 9.77. The number of hydrogen-bond acceptors (Lipinski definition) is 5. The fourth-order valence-corrected chi connectivity index (χ4v) is 6.02. The summed E-state index contributed by atoms with van der Waals surface area (Å²) in [7, 11) is -3.22. The van der Waals surface area contributed by atoms with Crippen LogP contribution >= 0.6 is 12.4 Å². The number of benzene rings is 2. The van der Waals surface area contributed by atoms with E-state index in [4.69, 9.17) is 0 Å². The summed E-state index contributed by atoms with van der Waals surface area (Å²) >= 11 is 0. The first kappa shape index (κ1) is 29.1. The van der Waals surface area contributed by atoms with Crippen molar-refractivity contribution in [3.05, 3.63) is 65.7 Å². The van der Waals surface area contributed by atoms with Crippen LogP contribution in [-0.2, 0) is 26.0 Å². The van der Waals surface area contributed by atoms with Crippen LogP contribution < -0.4 is 5.32 Å². The number of amides is 2. The van der Waals surface area contributed by atoms with Crippen LogP contribution in [0.25, 0.3) is 0 Å². The number of halogens is 1. The van der Waals surface area contributed by atoms with Crippen molar-refractivity contribution in [2.24, 2.45) is 5.41 Å². The van der Waals surface area contributed by atoms with E-state index in [1.807, 2.05) is 30.0 Å². The Hall–Kier alpha value is -2.42. The maximum Gasteiger partial charge on any atom is 0.229 e. The summed E-state index contributed by atoms with van der Waals surface area (Å²) in [6.07, 6.45) is 5.09. The summed E-state index contributed by atoms with van der Waals surface area (Å²) in [5.74, 6) is 0.288. The number of likely N-dealkylation sites (tertiary alicyclic amines) is 2. The molecule has 2 aliphatic heterocycles. The van der Waals surface area contributed by atoms with Gasteiger partial charge in [-0.05, 0) is 62.0 Å². The molecule has 2 amide bonds. The van der Waals surface area contributed by atoms with Crippen LogP contribution in [0.1, 0.15) is 56.2 Å². The normalized spacial score (nSPS) is 18.4. The van der Waals surface area contributed by atoms with Gasteiger partial charge in [-0.25, -0.2) is 8.42 Å². The molecule has 0 aromatic heterocycles. The van der Waals surface area contributed by atoms with Crippen LogP contribution in [0.15, 0.2) is 59.5 Å². The topological polar surface area (TPSA) is 86.8 Å². The first-order valence-corrected chi connectivity index (χ1v) is 14.7. The van der Waals surface area contributed by atoms with Gasteiger partial charge in [0.2, 0.25) is 11.8 Å². The second kappa shape index (κ2) is 12.4. The summed E-state index contributed by atoms with van der Waals surface area (Å²) in [6.45, 7) is 5.77. The summed E-state index contributed by atoms with van der Waals surface area (Å²) in [6, 6.07) is 16.9. The van der Waals surface area contributed by atoms with Gasteiger partial charge in [-0.15, -0.1) is 12.4 Å². The van der Waals surface area contributed by atoms with E-state index in [2.05, 4.69) is 22.3 Å². The van der Waals surface area contributed by atoms with Crippen LogP contribution in [0.3, 0.4) is 0 Å². The monoisotopic (exact) mass is 547 g/mol. The minimum Gasteiger partial charge on any atom is -0.349 e. The summed E-state index contributed by atoms with van der Waals surface area (Å²) < 4.78 is 23.4. The van der Waals surface area contributed by atoms with Crippen molar-refractivity contribution >= 4 is 34.1 Å². The molecule has 2 heterocycles. The summed E-state index contributed by atoms with van der Waals surface area (Å²) in [5, 5.41) is 3.16. The van der Waals surface area contributed by atoms with E-state index in [0.29, 0.717) is 17.9 Å². The average Bonchev–Trinajstić information content (AvgIpc) is 3.17. The molecule has 7 nitrogen and oxygen atoms in total. The predicted molar refractivity (Wildman–Crippen MR) is 147 cm³/mol. The largest absolute Gasteiger partial charge is 0.349 e. The molecule has 1 N–H and O–H groups in total. The lowest BCUT2D eigenvalue weighted by Crippen LogP contribution is -2.45. The Labute approximate surface area is 226 Å². The van der Waals surface area contributed by atoms with Gasteiger partial charge in [-0.2, -0.15) is 0 Å². The quantitative estimate of drug-likeness (QED) is 0.513. The molecule has 0 saturated carbocycles. The molecule has 1 spiro atoms. The summed E-state index contributed by atoms with van der Waals surface area (Å²) in [4.78, 5) is 30.1. The number of carbonyl (C=O) groups excluding carboxylic acids is 2. The van der Waals surface area contributed by atoms with Gasteiger partial charge in [0, 0.05) is 32.3 Å². The van der Waals surface area contributed by atoms with E-state index >= 15 is 0 Å². The third kappa shape index (κ3) is 7.12. The first-order chi connectivity index (χ1) is 17.2. The second-order valence-corrected chi connectivity index (χ2v) is 12.2. The lowest BCUT2D eigenvalue weighted by molar-refractivity contribution is -0.139. The fourth-order valence-electron chi connectivity index (χ4n) is 5.39. The Morgan fingerprint density at radius 3 is 2.22 bits per heavy atom. The Kier molecular flexibility index (Phi) is 9.78. The molecule has 2 fully saturated rings. The molecule has 0 bridgehead atoms. The van der Waals surface area contributed by atoms with Gasteiger partial charge < -0.3 is 15.1 Å².